The quantitative estimate of drug-likeness (QED) is 0.0799. The SMILES string of the molecule is C.C.NC1[C@@H](N)[C@@H](CO)O[C@H]1n1ccc(=O)[nH]c1=O.Nc1ncnc2c1ncn2[C@@H]1O[C@H](CO)[C@H](O)C1N.Nc1ncnc2nc[nH]c12.O=c1cc[nH]c(=O)[nH]1. The van der Waals surface area contributed by atoms with Crippen molar-refractivity contribution in [1.82, 2.24) is 59.0 Å². The molecule has 2 saturated heterocycles. The second-order valence-corrected chi connectivity index (χ2v) is 11.5. The Bertz CT molecular complexity index is 2370. The zero-order valence-corrected chi connectivity index (χ0v) is 27.9. The number of nitrogen functional groups attached to an aromatic ring is 2. The van der Waals surface area contributed by atoms with Crippen molar-refractivity contribution in [3.63, 3.8) is 0 Å². The van der Waals surface area contributed by atoms with E-state index in [2.05, 4.69) is 44.9 Å². The molecule has 0 aromatic carbocycles. The van der Waals surface area contributed by atoms with E-state index in [0.29, 0.717) is 28.1 Å². The third-order valence-electron chi connectivity index (χ3n) is 8.02. The Labute approximate surface area is 314 Å². The lowest BCUT2D eigenvalue weighted by molar-refractivity contribution is -0.0437. The molecule has 26 heteroatoms. The van der Waals surface area contributed by atoms with Crippen LogP contribution in [0.1, 0.15) is 27.3 Å². The number of fused-ring (bicyclic) bond motifs is 2. The Kier molecular flexibility index (Phi) is 15.3. The van der Waals surface area contributed by atoms with Gasteiger partial charge < -0.3 is 63.4 Å². The van der Waals surface area contributed by atoms with Crippen LogP contribution in [-0.4, -0.2) is 124 Å². The molecule has 0 amide bonds. The number of ether oxygens (including phenoxy) is 2. The lowest BCUT2D eigenvalue weighted by Gasteiger charge is -2.17. The molecule has 8 heterocycles. The van der Waals surface area contributed by atoms with Gasteiger partial charge in [-0.05, 0) is 0 Å². The number of nitrogens with zero attached hydrogens (tertiary/aromatic N) is 8. The molecule has 2 unspecified atom stereocenters. The van der Waals surface area contributed by atoms with Crippen molar-refractivity contribution in [2.24, 2.45) is 17.2 Å². The number of aromatic amines is 4. The summed E-state index contributed by atoms with van der Waals surface area (Å²) < 4.78 is 13.6. The highest BCUT2D eigenvalue weighted by Crippen LogP contribution is 2.30. The molecule has 26 nitrogen and oxygen atoms in total. The average Bonchev–Trinajstić information content (AvgIpc) is 3.93. The fraction of sp³-hybridized carbons (Fsp3) is 0.400. The molecule has 0 spiro atoms. The Morgan fingerprint density at radius 2 is 1.38 bits per heavy atom. The van der Waals surface area contributed by atoms with Gasteiger partial charge in [0.05, 0.1) is 50.1 Å². The lowest BCUT2D eigenvalue weighted by atomic mass is 10.1. The van der Waals surface area contributed by atoms with E-state index in [1.165, 1.54) is 49.8 Å². The van der Waals surface area contributed by atoms with E-state index in [9.17, 15) is 24.3 Å². The van der Waals surface area contributed by atoms with Crippen LogP contribution in [0.5, 0.6) is 0 Å². The van der Waals surface area contributed by atoms with Gasteiger partial charge in [-0.1, -0.05) is 14.9 Å². The van der Waals surface area contributed by atoms with Crippen LogP contribution in [0.25, 0.3) is 22.3 Å². The van der Waals surface area contributed by atoms with E-state index < -0.39 is 65.8 Å². The van der Waals surface area contributed by atoms with Gasteiger partial charge in [-0.3, -0.25) is 28.7 Å². The minimum atomic E-state index is -0.952. The number of H-pyrrole nitrogens is 4. The van der Waals surface area contributed by atoms with Crippen LogP contribution in [-0.2, 0) is 9.47 Å². The van der Waals surface area contributed by atoms with Gasteiger partial charge in [0.25, 0.3) is 11.1 Å². The molecule has 6 aromatic rings. The van der Waals surface area contributed by atoms with Crippen molar-refractivity contribution in [2.45, 2.75) is 63.7 Å². The van der Waals surface area contributed by atoms with Crippen LogP contribution in [0.15, 0.2) is 69.0 Å². The first-order valence-electron chi connectivity index (χ1n) is 15.7. The summed E-state index contributed by atoms with van der Waals surface area (Å²) in [5.74, 6) is 0.692. The zero-order valence-electron chi connectivity index (χ0n) is 27.9. The summed E-state index contributed by atoms with van der Waals surface area (Å²) in [4.78, 5) is 75.6. The van der Waals surface area contributed by atoms with Crippen LogP contribution in [0, 0.1) is 0 Å². The second-order valence-electron chi connectivity index (χ2n) is 11.5. The van der Waals surface area contributed by atoms with Crippen LogP contribution in [0.2, 0.25) is 0 Å². The third-order valence-corrected chi connectivity index (χ3v) is 8.02. The number of rotatable bonds is 4. The Morgan fingerprint density at radius 3 is 1.96 bits per heavy atom. The molecule has 0 bridgehead atoms. The molecule has 17 N–H and O–H groups in total. The molecule has 6 aromatic heterocycles. The first-order chi connectivity index (χ1) is 25.8. The number of hydrogen-bond donors (Lipinski definition) is 12. The number of aliphatic hydroxyl groups is 3. The van der Waals surface area contributed by atoms with E-state index in [-0.39, 0.29) is 39.4 Å². The smallest absolute Gasteiger partial charge is 0.330 e. The fourth-order valence-corrected chi connectivity index (χ4v) is 5.23. The molecule has 2 aliphatic heterocycles. The van der Waals surface area contributed by atoms with Gasteiger partial charge in [-0.15, -0.1) is 0 Å². The number of anilines is 2. The van der Waals surface area contributed by atoms with Gasteiger partial charge in [0, 0.05) is 24.5 Å². The maximum Gasteiger partial charge on any atom is 0.330 e. The Hall–Kier alpha value is -6.26. The monoisotopic (exact) mass is 787 g/mol. The van der Waals surface area contributed by atoms with Crippen molar-refractivity contribution in [3.05, 3.63) is 91.5 Å². The van der Waals surface area contributed by atoms with Crippen molar-refractivity contribution in [3.8, 4) is 0 Å². The minimum Gasteiger partial charge on any atom is -0.394 e. The van der Waals surface area contributed by atoms with Gasteiger partial charge in [0.1, 0.15) is 35.9 Å². The Balaban J connectivity index is 0.000000208. The van der Waals surface area contributed by atoms with Crippen LogP contribution in [0.4, 0.5) is 11.6 Å². The highest BCUT2D eigenvalue weighted by Gasteiger charge is 2.43. The standard InChI is InChI=1S/C10H14N6O3.C9H14N4O4.C5H5N5.C4H4N2O2.2CH4/c11-5-7(18)4(1-17)19-10(5)16-3-15-6-8(12)13-2-14-9(6)16;10-6-4(3-14)17-8(7(6)11)13-2-1-5(15)12-9(13)16;6-4-3-5(9-1-7-3)10-2-8-4;7-3-1-2-5-4(8)6-3;;/h2-5,7,10,17-18H,1,11H2,(H2,12,13,14);1-2,4,6-8,14H,3,10-11H2,(H,12,15,16);1-2H,(H3,6,7,8,9,10);1-2H,(H2,5,6,7,8);2*1H4/t4-,5?,7+,10-;4-,6+,7?,8-;;;;/m11..../s1. The number of nitrogens with one attached hydrogen (secondary N) is 4. The summed E-state index contributed by atoms with van der Waals surface area (Å²) in [6.45, 7) is -0.585. The molecular formula is C30H45N17O9. The average molecular weight is 788 g/mol. The number of nitrogens with two attached hydrogens (primary N) is 5. The van der Waals surface area contributed by atoms with E-state index in [1.807, 2.05) is 4.98 Å². The van der Waals surface area contributed by atoms with Gasteiger partial charge >= 0.3 is 11.4 Å². The molecule has 56 heavy (non-hydrogen) atoms. The van der Waals surface area contributed by atoms with E-state index >= 15 is 0 Å². The highest BCUT2D eigenvalue weighted by molar-refractivity contribution is 5.81. The maximum absolute atomic E-state index is 11.5. The molecule has 0 radical (unpaired) electrons. The van der Waals surface area contributed by atoms with Crippen LogP contribution in [0.3, 0.4) is 0 Å². The highest BCUT2D eigenvalue weighted by atomic mass is 16.5. The third kappa shape index (κ3) is 9.69. The molecule has 0 saturated carbocycles. The molecular weight excluding hydrogens is 742 g/mol. The first kappa shape index (κ1) is 44.1. The van der Waals surface area contributed by atoms with Crippen molar-refractivity contribution >= 4 is 34.0 Å². The summed E-state index contributed by atoms with van der Waals surface area (Å²) in [5.41, 5.74) is 28.9. The Morgan fingerprint density at radius 1 is 0.732 bits per heavy atom. The number of aromatic nitrogens is 12. The molecule has 0 aliphatic carbocycles. The van der Waals surface area contributed by atoms with Crippen LogP contribution < -0.4 is 51.2 Å². The number of imidazole rings is 2. The van der Waals surface area contributed by atoms with Gasteiger partial charge in [-0.25, -0.2) is 39.5 Å². The molecule has 304 valence electrons. The number of aliphatic hydroxyl groups excluding tert-OH is 3. The summed E-state index contributed by atoms with van der Waals surface area (Å²) in [6, 6.07) is 0.543. The predicted molar refractivity (Wildman–Crippen MR) is 200 cm³/mol. The first-order valence-corrected chi connectivity index (χ1v) is 15.7. The number of hydrogen-bond acceptors (Lipinski definition) is 20. The minimum absolute atomic E-state index is 0. The maximum atomic E-state index is 11.5. The molecule has 2 aliphatic rings. The normalized spacial score (nSPS) is 23.7. The van der Waals surface area contributed by atoms with Gasteiger partial charge in [-0.2, -0.15) is 0 Å². The topological polar surface area (TPSA) is 428 Å². The fourth-order valence-electron chi connectivity index (χ4n) is 5.23. The van der Waals surface area contributed by atoms with Gasteiger partial charge in [0.2, 0.25) is 0 Å². The van der Waals surface area contributed by atoms with E-state index in [4.69, 9.17) is 48.4 Å². The zero-order chi connectivity index (χ0) is 39.1. The largest absolute Gasteiger partial charge is 0.394 e. The van der Waals surface area contributed by atoms with Crippen molar-refractivity contribution in [1.29, 1.82) is 0 Å². The molecule has 8 atom stereocenters. The van der Waals surface area contributed by atoms with Crippen molar-refractivity contribution < 1.29 is 24.8 Å². The summed E-state index contributed by atoms with van der Waals surface area (Å²) in [6.07, 6.45) is 4.56. The summed E-state index contributed by atoms with van der Waals surface area (Å²) in [7, 11) is 0. The molecule has 8 rings (SSSR count). The summed E-state index contributed by atoms with van der Waals surface area (Å²) >= 11 is 0. The second kappa shape index (κ2) is 19.4. The molecule has 2 fully saturated rings. The van der Waals surface area contributed by atoms with Crippen molar-refractivity contribution in [2.75, 3.05) is 24.7 Å². The van der Waals surface area contributed by atoms with Crippen LogP contribution >= 0.6 is 0 Å². The lowest BCUT2D eigenvalue weighted by Crippen LogP contribution is -2.47. The van der Waals surface area contributed by atoms with E-state index in [1.54, 1.807) is 4.57 Å². The predicted octanol–water partition coefficient (Wildman–Crippen LogP) is -4.66. The van der Waals surface area contributed by atoms with Gasteiger partial charge in [0.15, 0.2) is 35.4 Å². The summed E-state index contributed by atoms with van der Waals surface area (Å²) in [5, 5.41) is 28.0. The van der Waals surface area contributed by atoms with E-state index in [0.717, 1.165) is 4.57 Å².